The van der Waals surface area contributed by atoms with Crippen molar-refractivity contribution in [2.45, 2.75) is 26.7 Å². The van der Waals surface area contributed by atoms with Gasteiger partial charge in [-0.15, -0.1) is 0 Å². The minimum atomic E-state index is -0.253. The summed E-state index contributed by atoms with van der Waals surface area (Å²) in [6.45, 7) is 6.25. The first-order valence-electron chi connectivity index (χ1n) is 6.32. The second-order valence-corrected chi connectivity index (χ2v) is 4.13. The number of nitrogens with zero attached hydrogens (tertiary/aromatic N) is 1. The van der Waals surface area contributed by atoms with Crippen LogP contribution in [0.5, 0.6) is 0 Å². The van der Waals surface area contributed by atoms with E-state index >= 15 is 0 Å². The van der Waals surface area contributed by atoms with Gasteiger partial charge in [0.05, 0.1) is 0 Å². The predicted octanol–water partition coefficient (Wildman–Crippen LogP) is 2.66. The molecule has 0 unspecified atom stereocenters. The Morgan fingerprint density at radius 2 is 1.78 bits per heavy atom. The molecule has 0 bridgehead atoms. The molecule has 0 aliphatic rings. The molecule has 3 nitrogen and oxygen atoms in total. The molecule has 1 rings (SSSR count). The van der Waals surface area contributed by atoms with Crippen LogP contribution in [-0.2, 0) is 16.0 Å². The van der Waals surface area contributed by atoms with Crippen LogP contribution >= 0.6 is 0 Å². The first-order valence-corrected chi connectivity index (χ1v) is 6.32. The van der Waals surface area contributed by atoms with E-state index in [1.807, 2.05) is 31.9 Å². The fourth-order valence-electron chi connectivity index (χ4n) is 1.76. The summed E-state index contributed by atoms with van der Waals surface area (Å²) in [6.07, 6.45) is -0.253. The lowest BCUT2D eigenvalue weighted by Crippen LogP contribution is -2.33. The molecule has 0 heterocycles. The number of likely N-dealkylation sites (N-methyl/N-ethyl adjacent to an activating group) is 1. The van der Waals surface area contributed by atoms with Crippen LogP contribution in [0.1, 0.15) is 19.4 Å². The smallest absolute Gasteiger partial charge is 0.170 e. The van der Waals surface area contributed by atoms with Crippen LogP contribution in [0.4, 0.5) is 4.39 Å². The first kappa shape index (κ1) is 15.1. The highest BCUT2D eigenvalue weighted by Crippen LogP contribution is 2.09. The molecule has 102 valence electrons. The van der Waals surface area contributed by atoms with Crippen molar-refractivity contribution in [3.8, 4) is 0 Å². The Morgan fingerprint density at radius 1 is 1.17 bits per heavy atom. The highest BCUT2D eigenvalue weighted by molar-refractivity contribution is 5.16. The molecule has 0 aliphatic carbocycles. The van der Waals surface area contributed by atoms with Crippen molar-refractivity contribution < 1.29 is 13.9 Å². The van der Waals surface area contributed by atoms with E-state index < -0.39 is 0 Å². The maximum absolute atomic E-state index is 13.5. The Labute approximate surface area is 109 Å². The third-order valence-corrected chi connectivity index (χ3v) is 2.56. The second-order valence-electron chi connectivity index (χ2n) is 4.13. The Hall–Kier alpha value is -0.970. The van der Waals surface area contributed by atoms with Crippen molar-refractivity contribution in [1.29, 1.82) is 0 Å². The lowest BCUT2D eigenvalue weighted by Gasteiger charge is -2.23. The molecular formula is C14H22FNO2. The number of benzene rings is 1. The Bertz CT molecular complexity index is 340. The molecule has 0 spiro atoms. The van der Waals surface area contributed by atoms with Gasteiger partial charge in [-0.25, -0.2) is 4.39 Å². The summed E-state index contributed by atoms with van der Waals surface area (Å²) in [5.41, 5.74) is 0.687. The molecule has 0 fully saturated rings. The Morgan fingerprint density at radius 3 is 2.33 bits per heavy atom. The molecule has 0 saturated heterocycles. The first-order chi connectivity index (χ1) is 8.67. The average molecular weight is 255 g/mol. The monoisotopic (exact) mass is 255 g/mol. The summed E-state index contributed by atoms with van der Waals surface area (Å²) in [7, 11) is 1.93. The van der Waals surface area contributed by atoms with Crippen LogP contribution in [0.25, 0.3) is 0 Å². The molecule has 18 heavy (non-hydrogen) atoms. The van der Waals surface area contributed by atoms with Gasteiger partial charge >= 0.3 is 0 Å². The maximum atomic E-state index is 13.5. The zero-order valence-corrected chi connectivity index (χ0v) is 11.4. The summed E-state index contributed by atoms with van der Waals surface area (Å²) in [5.74, 6) is -0.172. The minimum absolute atomic E-state index is 0.172. The molecule has 1 aromatic carbocycles. The molecule has 0 radical (unpaired) electrons. The van der Waals surface area contributed by atoms with Gasteiger partial charge in [0.2, 0.25) is 0 Å². The summed E-state index contributed by atoms with van der Waals surface area (Å²) in [6, 6.07) is 6.81. The van der Waals surface area contributed by atoms with E-state index in [2.05, 4.69) is 0 Å². The number of hydrogen-bond acceptors (Lipinski definition) is 3. The van der Waals surface area contributed by atoms with E-state index in [1.165, 1.54) is 6.07 Å². The Kier molecular flexibility index (Phi) is 6.86. The quantitative estimate of drug-likeness (QED) is 0.667. The van der Waals surface area contributed by atoms with Crippen LogP contribution in [0.2, 0.25) is 0 Å². The predicted molar refractivity (Wildman–Crippen MR) is 69.8 cm³/mol. The van der Waals surface area contributed by atoms with Gasteiger partial charge in [0.15, 0.2) is 6.29 Å². The third kappa shape index (κ3) is 5.12. The number of halogens is 1. The van der Waals surface area contributed by atoms with Gasteiger partial charge in [-0.1, -0.05) is 18.2 Å². The largest absolute Gasteiger partial charge is 0.352 e. The zero-order valence-electron chi connectivity index (χ0n) is 11.4. The SMILES string of the molecule is CCOC(CN(C)Cc1ccccc1F)OCC. The van der Waals surface area contributed by atoms with E-state index in [1.54, 1.807) is 12.1 Å². The van der Waals surface area contributed by atoms with Crippen LogP contribution in [0.3, 0.4) is 0 Å². The maximum Gasteiger partial charge on any atom is 0.170 e. The van der Waals surface area contributed by atoms with Crippen molar-refractivity contribution >= 4 is 0 Å². The van der Waals surface area contributed by atoms with Crippen LogP contribution in [0.15, 0.2) is 24.3 Å². The fourth-order valence-corrected chi connectivity index (χ4v) is 1.76. The van der Waals surface area contributed by atoms with Gasteiger partial charge in [-0.2, -0.15) is 0 Å². The van der Waals surface area contributed by atoms with Gasteiger partial charge in [0.1, 0.15) is 5.82 Å². The lowest BCUT2D eigenvalue weighted by molar-refractivity contribution is -0.145. The zero-order chi connectivity index (χ0) is 13.4. The molecule has 1 aromatic rings. The molecule has 0 aliphatic heterocycles. The van der Waals surface area contributed by atoms with Gasteiger partial charge in [0, 0.05) is 31.9 Å². The number of hydrogen-bond donors (Lipinski definition) is 0. The normalized spacial score (nSPS) is 11.4. The molecule has 0 N–H and O–H groups in total. The van der Waals surface area contributed by atoms with E-state index in [0.29, 0.717) is 31.9 Å². The molecule has 0 saturated carbocycles. The Balaban J connectivity index is 2.49. The van der Waals surface area contributed by atoms with E-state index in [0.717, 1.165) is 0 Å². The average Bonchev–Trinajstić information content (AvgIpc) is 2.33. The summed E-state index contributed by atoms with van der Waals surface area (Å²) < 4.78 is 24.4. The van der Waals surface area contributed by atoms with Crippen molar-refractivity contribution in [3.05, 3.63) is 35.6 Å². The van der Waals surface area contributed by atoms with Crippen molar-refractivity contribution in [2.24, 2.45) is 0 Å². The number of ether oxygens (including phenoxy) is 2. The highest BCUT2D eigenvalue weighted by Gasteiger charge is 2.12. The molecule has 0 amide bonds. The molecular weight excluding hydrogens is 233 g/mol. The fraction of sp³-hybridized carbons (Fsp3) is 0.571. The highest BCUT2D eigenvalue weighted by atomic mass is 19.1. The van der Waals surface area contributed by atoms with Crippen molar-refractivity contribution in [1.82, 2.24) is 4.90 Å². The van der Waals surface area contributed by atoms with Gasteiger partial charge in [0.25, 0.3) is 0 Å². The van der Waals surface area contributed by atoms with Gasteiger partial charge in [-0.3, -0.25) is 4.90 Å². The van der Waals surface area contributed by atoms with E-state index in [4.69, 9.17) is 9.47 Å². The van der Waals surface area contributed by atoms with Crippen molar-refractivity contribution in [3.63, 3.8) is 0 Å². The lowest BCUT2D eigenvalue weighted by atomic mass is 10.2. The van der Waals surface area contributed by atoms with Crippen molar-refractivity contribution in [2.75, 3.05) is 26.8 Å². The van der Waals surface area contributed by atoms with Crippen LogP contribution < -0.4 is 0 Å². The molecule has 0 atom stereocenters. The summed E-state index contributed by atoms with van der Waals surface area (Å²) >= 11 is 0. The third-order valence-electron chi connectivity index (χ3n) is 2.56. The topological polar surface area (TPSA) is 21.7 Å². The molecule has 0 aromatic heterocycles. The van der Waals surface area contributed by atoms with Gasteiger partial charge in [-0.05, 0) is 27.0 Å². The number of rotatable bonds is 8. The van der Waals surface area contributed by atoms with E-state index in [-0.39, 0.29) is 12.1 Å². The summed E-state index contributed by atoms with van der Waals surface area (Å²) in [4.78, 5) is 1.99. The second kappa shape index (κ2) is 8.19. The van der Waals surface area contributed by atoms with Crippen LogP contribution in [0, 0.1) is 5.82 Å². The summed E-state index contributed by atoms with van der Waals surface area (Å²) in [5, 5.41) is 0. The standard InChI is InChI=1S/C14H22FNO2/c1-4-17-14(18-5-2)11-16(3)10-12-8-6-7-9-13(12)15/h6-9,14H,4-5,10-11H2,1-3H3. The molecule has 4 heteroatoms. The minimum Gasteiger partial charge on any atom is -0.352 e. The van der Waals surface area contributed by atoms with Crippen LogP contribution in [-0.4, -0.2) is 38.0 Å². The van der Waals surface area contributed by atoms with Gasteiger partial charge < -0.3 is 9.47 Å². The van der Waals surface area contributed by atoms with E-state index in [9.17, 15) is 4.39 Å².